The summed E-state index contributed by atoms with van der Waals surface area (Å²) < 4.78 is 7.67. The topological polar surface area (TPSA) is 87.4 Å². The van der Waals surface area contributed by atoms with E-state index in [0.717, 1.165) is 35.5 Å². The highest BCUT2D eigenvalue weighted by molar-refractivity contribution is 7.11. The van der Waals surface area contributed by atoms with Crippen molar-refractivity contribution in [1.82, 2.24) is 14.8 Å². The molecule has 1 fully saturated rings. The van der Waals surface area contributed by atoms with Crippen LogP contribution in [-0.2, 0) is 16.0 Å². The Hall–Kier alpha value is -3.03. The van der Waals surface area contributed by atoms with Gasteiger partial charge in [0.1, 0.15) is 10.7 Å². The number of rotatable bonds is 7. The SMILES string of the molecule is CCc1ccc(-n2c(=O)/c(=C/c3sccc3C)s/c2=C(/C#N)C(=O)NCCN2CCOCC2)cc1. The maximum Gasteiger partial charge on any atom is 0.273 e. The van der Waals surface area contributed by atoms with Gasteiger partial charge in [-0.3, -0.25) is 19.1 Å². The summed E-state index contributed by atoms with van der Waals surface area (Å²) in [6.45, 7) is 8.17. The van der Waals surface area contributed by atoms with Crippen LogP contribution in [0, 0.1) is 18.3 Å². The van der Waals surface area contributed by atoms with E-state index < -0.39 is 5.91 Å². The lowest BCUT2D eigenvalue weighted by atomic mass is 10.1. The van der Waals surface area contributed by atoms with Crippen molar-refractivity contribution in [2.24, 2.45) is 0 Å². The van der Waals surface area contributed by atoms with Gasteiger partial charge in [-0.05, 0) is 54.1 Å². The van der Waals surface area contributed by atoms with Crippen LogP contribution in [-0.4, -0.2) is 54.8 Å². The Morgan fingerprint density at radius 1 is 1.23 bits per heavy atom. The van der Waals surface area contributed by atoms with E-state index in [1.807, 2.05) is 48.7 Å². The van der Waals surface area contributed by atoms with Gasteiger partial charge in [0.15, 0.2) is 5.57 Å². The van der Waals surface area contributed by atoms with E-state index in [1.165, 1.54) is 15.9 Å². The van der Waals surface area contributed by atoms with Crippen LogP contribution < -0.4 is 20.1 Å². The van der Waals surface area contributed by atoms with Crippen molar-refractivity contribution < 1.29 is 9.53 Å². The van der Waals surface area contributed by atoms with E-state index in [2.05, 4.69) is 23.2 Å². The van der Waals surface area contributed by atoms with E-state index >= 15 is 0 Å². The van der Waals surface area contributed by atoms with Gasteiger partial charge in [-0.25, -0.2) is 0 Å². The molecule has 2 aromatic heterocycles. The van der Waals surface area contributed by atoms with E-state index in [0.29, 0.717) is 41.2 Å². The first-order chi connectivity index (χ1) is 17.0. The Balaban J connectivity index is 1.76. The molecule has 1 amide bonds. The third-order valence-corrected chi connectivity index (χ3v) is 8.02. The molecule has 0 radical (unpaired) electrons. The Kier molecular flexibility index (Phi) is 8.31. The Morgan fingerprint density at radius 2 is 1.97 bits per heavy atom. The van der Waals surface area contributed by atoms with E-state index in [4.69, 9.17) is 4.74 Å². The standard InChI is InChI=1S/C26H28N4O3S2/c1-3-19-4-6-20(7-5-19)30-25(32)23(16-22-18(2)8-15-34-22)35-26(30)21(17-27)24(31)28-9-10-29-11-13-33-14-12-29/h4-8,15-16H,3,9-14H2,1-2H3,(H,28,31)/b23-16-,26-21-. The first kappa shape index (κ1) is 25.1. The molecule has 1 aromatic carbocycles. The van der Waals surface area contributed by atoms with Gasteiger partial charge < -0.3 is 10.1 Å². The molecule has 4 rings (SSSR count). The number of carbonyl (C=O) groups excluding carboxylic acids is 1. The third kappa shape index (κ3) is 5.80. The monoisotopic (exact) mass is 508 g/mol. The number of aromatic nitrogens is 1. The quantitative estimate of drug-likeness (QED) is 0.526. The largest absolute Gasteiger partial charge is 0.379 e. The van der Waals surface area contributed by atoms with Gasteiger partial charge in [-0.1, -0.05) is 19.1 Å². The summed E-state index contributed by atoms with van der Waals surface area (Å²) in [6.07, 6.45) is 2.72. The molecule has 9 heteroatoms. The lowest BCUT2D eigenvalue weighted by Gasteiger charge is -2.26. The predicted molar refractivity (Wildman–Crippen MR) is 140 cm³/mol. The maximum absolute atomic E-state index is 13.5. The first-order valence-corrected chi connectivity index (χ1v) is 13.3. The van der Waals surface area contributed by atoms with Gasteiger partial charge in [0.2, 0.25) is 0 Å². The Morgan fingerprint density at radius 3 is 2.60 bits per heavy atom. The second-order valence-electron chi connectivity index (χ2n) is 8.24. The van der Waals surface area contributed by atoms with Crippen molar-refractivity contribution >= 4 is 40.2 Å². The molecule has 0 bridgehead atoms. The van der Waals surface area contributed by atoms with Crippen molar-refractivity contribution in [2.75, 3.05) is 39.4 Å². The Labute approximate surface area is 212 Å². The summed E-state index contributed by atoms with van der Waals surface area (Å²) in [4.78, 5) is 29.8. The number of nitrogens with zero attached hydrogens (tertiary/aromatic N) is 3. The van der Waals surface area contributed by atoms with E-state index in [1.54, 1.807) is 11.3 Å². The van der Waals surface area contributed by atoms with Crippen molar-refractivity contribution in [1.29, 1.82) is 5.26 Å². The zero-order valence-electron chi connectivity index (χ0n) is 19.9. The van der Waals surface area contributed by atoms with Crippen molar-refractivity contribution in [3.05, 3.63) is 71.3 Å². The summed E-state index contributed by atoms with van der Waals surface area (Å²) in [7, 11) is 0. The number of nitrogens with one attached hydrogen (secondary N) is 1. The van der Waals surface area contributed by atoms with Gasteiger partial charge in [-0.15, -0.1) is 22.7 Å². The number of thiophene rings is 1. The number of ether oxygens (including phenoxy) is 1. The highest BCUT2D eigenvalue weighted by Crippen LogP contribution is 2.16. The normalized spacial score (nSPS) is 15.6. The van der Waals surface area contributed by atoms with Crippen molar-refractivity contribution in [2.45, 2.75) is 20.3 Å². The minimum atomic E-state index is -0.472. The summed E-state index contributed by atoms with van der Waals surface area (Å²) >= 11 is 2.73. The number of carbonyl (C=O) groups is 1. The molecular formula is C26H28N4O3S2. The molecule has 0 atom stereocenters. The molecular weight excluding hydrogens is 480 g/mol. The smallest absolute Gasteiger partial charge is 0.273 e. The summed E-state index contributed by atoms with van der Waals surface area (Å²) in [6, 6.07) is 11.7. The highest BCUT2D eigenvalue weighted by Gasteiger charge is 2.18. The average molecular weight is 509 g/mol. The van der Waals surface area contributed by atoms with Crippen LogP contribution >= 0.6 is 22.7 Å². The van der Waals surface area contributed by atoms with E-state index in [-0.39, 0.29) is 11.1 Å². The van der Waals surface area contributed by atoms with Crippen LogP contribution in [0.3, 0.4) is 0 Å². The summed E-state index contributed by atoms with van der Waals surface area (Å²) in [5.41, 5.74) is 2.56. The molecule has 0 saturated carbocycles. The number of aryl methyl sites for hydroxylation is 2. The molecule has 3 aromatic rings. The molecule has 35 heavy (non-hydrogen) atoms. The molecule has 1 N–H and O–H groups in total. The third-order valence-electron chi connectivity index (χ3n) is 5.96. The number of hydrogen-bond donors (Lipinski definition) is 1. The zero-order chi connectivity index (χ0) is 24.8. The molecule has 182 valence electrons. The highest BCUT2D eigenvalue weighted by atomic mass is 32.1. The second kappa shape index (κ2) is 11.6. The fraction of sp³-hybridized carbons (Fsp3) is 0.346. The van der Waals surface area contributed by atoms with Gasteiger partial charge in [-0.2, -0.15) is 5.26 Å². The van der Waals surface area contributed by atoms with Crippen LogP contribution in [0.25, 0.3) is 17.3 Å². The molecule has 0 spiro atoms. The van der Waals surface area contributed by atoms with Gasteiger partial charge in [0.05, 0.1) is 23.4 Å². The van der Waals surface area contributed by atoms with Crippen LogP contribution in [0.4, 0.5) is 0 Å². The second-order valence-corrected chi connectivity index (χ2v) is 10.2. The van der Waals surface area contributed by atoms with Gasteiger partial charge in [0.25, 0.3) is 11.5 Å². The number of morpholine rings is 1. The maximum atomic E-state index is 13.5. The number of amides is 1. The minimum Gasteiger partial charge on any atom is -0.379 e. The fourth-order valence-electron chi connectivity index (χ4n) is 3.85. The van der Waals surface area contributed by atoms with Crippen LogP contribution in [0.15, 0.2) is 40.5 Å². The molecule has 0 aliphatic carbocycles. The summed E-state index contributed by atoms with van der Waals surface area (Å²) in [5.74, 6) is -0.472. The van der Waals surface area contributed by atoms with Crippen LogP contribution in [0.1, 0.15) is 22.9 Å². The molecule has 1 aliphatic heterocycles. The molecule has 7 nitrogen and oxygen atoms in total. The van der Waals surface area contributed by atoms with Crippen LogP contribution in [0.2, 0.25) is 0 Å². The number of benzene rings is 1. The predicted octanol–water partition coefficient (Wildman–Crippen LogP) is 1.78. The number of hydrogen-bond acceptors (Lipinski definition) is 7. The van der Waals surface area contributed by atoms with Crippen molar-refractivity contribution in [3.8, 4) is 11.8 Å². The van der Waals surface area contributed by atoms with Crippen LogP contribution in [0.5, 0.6) is 0 Å². The van der Waals surface area contributed by atoms with Gasteiger partial charge in [0, 0.05) is 31.1 Å². The van der Waals surface area contributed by atoms with Crippen molar-refractivity contribution in [3.63, 3.8) is 0 Å². The number of thiazole rings is 1. The summed E-state index contributed by atoms with van der Waals surface area (Å²) in [5, 5.41) is 14.8. The zero-order valence-corrected chi connectivity index (χ0v) is 21.5. The lowest BCUT2D eigenvalue weighted by Crippen LogP contribution is -2.42. The molecule has 1 aliphatic rings. The van der Waals surface area contributed by atoms with Gasteiger partial charge >= 0.3 is 0 Å². The van der Waals surface area contributed by atoms with E-state index in [9.17, 15) is 14.9 Å². The minimum absolute atomic E-state index is 0.0591. The molecule has 1 saturated heterocycles. The Bertz CT molecular complexity index is 1400. The number of nitriles is 1. The fourth-order valence-corrected chi connectivity index (χ4v) is 5.87. The average Bonchev–Trinajstić information content (AvgIpc) is 3.43. The first-order valence-electron chi connectivity index (χ1n) is 11.6. The lowest BCUT2D eigenvalue weighted by molar-refractivity contribution is -0.115. The molecule has 3 heterocycles. The molecule has 0 unspecified atom stereocenters.